The lowest BCUT2D eigenvalue weighted by Gasteiger charge is -2.10. The number of nitrogen functional groups attached to an aromatic ring is 2. The molecule has 0 saturated carbocycles. The number of hydrogen-bond donors (Lipinski definition) is 2. The van der Waals surface area contributed by atoms with Crippen LogP contribution in [0.1, 0.15) is 5.56 Å². The fourth-order valence-electron chi connectivity index (χ4n) is 3.00. The quantitative estimate of drug-likeness (QED) is 0.445. The van der Waals surface area contributed by atoms with Crippen LogP contribution in [-0.4, -0.2) is 17.1 Å². The summed E-state index contributed by atoms with van der Waals surface area (Å²) >= 11 is 5.80. The van der Waals surface area contributed by atoms with Crippen LogP contribution in [0.2, 0.25) is 5.02 Å². The molecule has 0 saturated heterocycles. The van der Waals surface area contributed by atoms with Crippen molar-refractivity contribution in [2.24, 2.45) is 0 Å². The van der Waals surface area contributed by atoms with Gasteiger partial charge in [-0.15, -0.1) is 0 Å². The van der Waals surface area contributed by atoms with E-state index < -0.39 is 5.82 Å². The molecule has 0 bridgehead atoms. The van der Waals surface area contributed by atoms with Crippen LogP contribution in [0.3, 0.4) is 0 Å². The Kier molecular flexibility index (Phi) is 5.29. The van der Waals surface area contributed by atoms with E-state index in [9.17, 15) is 4.39 Å². The van der Waals surface area contributed by atoms with Crippen LogP contribution in [0.25, 0.3) is 22.3 Å². The first-order valence-corrected chi connectivity index (χ1v) is 9.40. The summed E-state index contributed by atoms with van der Waals surface area (Å²) < 4.78 is 24.2. The third-order valence-corrected chi connectivity index (χ3v) is 4.87. The topological polar surface area (TPSA) is 96.3 Å². The van der Waals surface area contributed by atoms with Gasteiger partial charge < -0.3 is 20.9 Å². The zero-order valence-corrected chi connectivity index (χ0v) is 16.8. The maximum absolute atomic E-state index is 13.2. The first-order valence-electron chi connectivity index (χ1n) is 9.02. The Morgan fingerprint density at radius 3 is 2.47 bits per heavy atom. The molecular weight excluding hydrogens is 407 g/mol. The maximum Gasteiger partial charge on any atom is 0.162 e. The van der Waals surface area contributed by atoms with Gasteiger partial charge in [-0.05, 0) is 48.0 Å². The van der Waals surface area contributed by atoms with Crippen molar-refractivity contribution in [2.75, 3.05) is 18.6 Å². The summed E-state index contributed by atoms with van der Waals surface area (Å²) in [5, 5.41) is 0.728. The average Bonchev–Trinajstić information content (AvgIpc) is 2.75. The summed E-state index contributed by atoms with van der Waals surface area (Å²) in [4.78, 5) is 8.97. The summed E-state index contributed by atoms with van der Waals surface area (Å²) in [7, 11) is 1.54. The van der Waals surface area contributed by atoms with E-state index in [0.717, 1.165) is 11.1 Å². The lowest BCUT2D eigenvalue weighted by molar-refractivity contribution is 0.306. The minimum absolute atomic E-state index is 0.0656. The highest BCUT2D eigenvalue weighted by Gasteiger charge is 2.11. The fourth-order valence-corrected chi connectivity index (χ4v) is 3.20. The molecule has 0 atom stereocenters. The molecule has 0 aliphatic carbocycles. The Balaban J connectivity index is 1.56. The number of anilines is 2. The van der Waals surface area contributed by atoms with Gasteiger partial charge in [-0.3, -0.25) is 0 Å². The van der Waals surface area contributed by atoms with E-state index >= 15 is 0 Å². The monoisotopic (exact) mass is 424 g/mol. The van der Waals surface area contributed by atoms with E-state index in [-0.39, 0.29) is 11.6 Å². The predicted molar refractivity (Wildman–Crippen MR) is 116 cm³/mol. The van der Waals surface area contributed by atoms with Gasteiger partial charge in [-0.25, -0.2) is 14.4 Å². The van der Waals surface area contributed by atoms with Crippen LogP contribution in [0.15, 0.2) is 54.6 Å². The Morgan fingerprint density at radius 2 is 1.77 bits per heavy atom. The first kappa shape index (κ1) is 19.7. The van der Waals surface area contributed by atoms with E-state index in [1.54, 1.807) is 37.4 Å². The maximum atomic E-state index is 13.2. The molecule has 0 aliphatic rings. The zero-order chi connectivity index (χ0) is 21.3. The molecule has 0 spiro atoms. The number of halogens is 2. The molecular formula is C22H18ClFN4O2. The number of hydrogen-bond acceptors (Lipinski definition) is 6. The number of fused-ring (bicyclic) bond motifs is 1. The standard InChI is InChI=1S/C22H18ClFN4O2/c1-29-20-10-19-15(9-18(20)25)21(26)28-22(27-19)13-3-5-14(6-4-13)30-11-12-2-7-17(24)16(23)8-12/h2-10H,11,25H2,1H3,(H2,26,27,28). The predicted octanol–water partition coefficient (Wildman–Crippen LogP) is 4.84. The molecule has 152 valence electrons. The van der Waals surface area contributed by atoms with Gasteiger partial charge in [-0.2, -0.15) is 0 Å². The minimum atomic E-state index is -0.459. The summed E-state index contributed by atoms with van der Waals surface area (Å²) in [5.74, 6) is 1.51. The molecule has 0 radical (unpaired) electrons. The highest BCUT2D eigenvalue weighted by atomic mass is 35.5. The Morgan fingerprint density at radius 1 is 1.00 bits per heavy atom. The van der Waals surface area contributed by atoms with E-state index in [4.69, 9.17) is 32.5 Å². The molecule has 4 aromatic rings. The number of benzene rings is 3. The molecule has 6 nitrogen and oxygen atoms in total. The van der Waals surface area contributed by atoms with Gasteiger partial charge in [0.15, 0.2) is 5.82 Å². The molecule has 4 N–H and O–H groups in total. The van der Waals surface area contributed by atoms with Gasteiger partial charge in [0.05, 0.1) is 23.3 Å². The minimum Gasteiger partial charge on any atom is -0.495 e. The third-order valence-electron chi connectivity index (χ3n) is 4.58. The Hall–Kier alpha value is -3.58. The highest BCUT2D eigenvalue weighted by Crippen LogP contribution is 2.31. The lowest BCUT2D eigenvalue weighted by atomic mass is 10.1. The second kappa shape index (κ2) is 8.04. The van der Waals surface area contributed by atoms with Gasteiger partial charge >= 0.3 is 0 Å². The van der Waals surface area contributed by atoms with Crippen molar-refractivity contribution in [3.8, 4) is 22.9 Å². The van der Waals surface area contributed by atoms with Crippen LogP contribution in [0.5, 0.6) is 11.5 Å². The number of rotatable bonds is 5. The smallest absolute Gasteiger partial charge is 0.162 e. The van der Waals surface area contributed by atoms with Crippen molar-refractivity contribution in [3.63, 3.8) is 0 Å². The van der Waals surface area contributed by atoms with Crippen LogP contribution < -0.4 is 20.9 Å². The summed E-state index contributed by atoms with van der Waals surface area (Å²) in [6, 6.07) is 15.2. The van der Waals surface area contributed by atoms with Gasteiger partial charge in [0.2, 0.25) is 0 Å². The molecule has 0 unspecified atom stereocenters. The van der Waals surface area contributed by atoms with E-state index in [0.29, 0.717) is 39.7 Å². The van der Waals surface area contributed by atoms with Crippen LogP contribution in [0.4, 0.5) is 15.9 Å². The highest BCUT2D eigenvalue weighted by molar-refractivity contribution is 6.30. The van der Waals surface area contributed by atoms with Crippen molar-refractivity contribution >= 4 is 34.0 Å². The molecule has 0 aliphatic heterocycles. The number of aromatic nitrogens is 2. The molecule has 1 heterocycles. The number of nitrogens with zero attached hydrogens (tertiary/aromatic N) is 2. The van der Waals surface area contributed by atoms with Gasteiger partial charge in [0.1, 0.15) is 29.7 Å². The van der Waals surface area contributed by atoms with E-state index in [1.807, 2.05) is 12.1 Å². The van der Waals surface area contributed by atoms with Crippen LogP contribution >= 0.6 is 11.6 Å². The van der Waals surface area contributed by atoms with Crippen LogP contribution in [-0.2, 0) is 6.61 Å². The Bertz CT molecular complexity index is 1230. The normalized spacial score (nSPS) is 10.9. The van der Waals surface area contributed by atoms with Gasteiger partial charge in [0.25, 0.3) is 0 Å². The molecule has 3 aromatic carbocycles. The van der Waals surface area contributed by atoms with E-state index in [2.05, 4.69) is 9.97 Å². The zero-order valence-electron chi connectivity index (χ0n) is 16.0. The van der Waals surface area contributed by atoms with Crippen molar-refractivity contribution < 1.29 is 13.9 Å². The van der Waals surface area contributed by atoms with Gasteiger partial charge in [0, 0.05) is 17.0 Å². The third kappa shape index (κ3) is 3.92. The second-order valence-electron chi connectivity index (χ2n) is 6.61. The van der Waals surface area contributed by atoms with Crippen LogP contribution in [0, 0.1) is 5.82 Å². The summed E-state index contributed by atoms with van der Waals surface area (Å²) in [5.41, 5.74) is 14.7. The SMILES string of the molecule is COc1cc2nc(-c3ccc(OCc4ccc(F)c(Cl)c4)cc3)nc(N)c2cc1N. The number of ether oxygens (including phenoxy) is 2. The molecule has 1 aromatic heterocycles. The molecule has 30 heavy (non-hydrogen) atoms. The number of methoxy groups -OCH3 is 1. The Labute approximate surface area is 177 Å². The van der Waals surface area contributed by atoms with Crippen molar-refractivity contribution in [1.29, 1.82) is 0 Å². The average molecular weight is 425 g/mol. The molecule has 4 rings (SSSR count). The van der Waals surface area contributed by atoms with E-state index in [1.165, 1.54) is 12.1 Å². The van der Waals surface area contributed by atoms with Crippen molar-refractivity contribution in [1.82, 2.24) is 9.97 Å². The number of nitrogens with two attached hydrogens (primary N) is 2. The van der Waals surface area contributed by atoms with Crippen molar-refractivity contribution in [2.45, 2.75) is 6.61 Å². The fraction of sp³-hybridized carbons (Fsp3) is 0.0909. The second-order valence-corrected chi connectivity index (χ2v) is 7.01. The first-order chi connectivity index (χ1) is 14.4. The molecule has 0 fully saturated rings. The summed E-state index contributed by atoms with van der Waals surface area (Å²) in [6.07, 6.45) is 0. The molecule has 8 heteroatoms. The van der Waals surface area contributed by atoms with Crippen molar-refractivity contribution in [3.05, 3.63) is 71.0 Å². The lowest BCUT2D eigenvalue weighted by Crippen LogP contribution is -2.00. The summed E-state index contributed by atoms with van der Waals surface area (Å²) in [6.45, 7) is 0.264. The largest absolute Gasteiger partial charge is 0.495 e. The van der Waals surface area contributed by atoms with Gasteiger partial charge in [-0.1, -0.05) is 17.7 Å². The molecule has 0 amide bonds.